The van der Waals surface area contributed by atoms with Crippen molar-refractivity contribution in [3.63, 3.8) is 0 Å². The standard InChI is InChI=1S/C22H20F3N3O5/c1-10-9-33-22-4-2-3-16(22)27-8-13(18(29)19(30)17(27)21(32)28(10)22)20(31)26-7-12-14(24)5-11(23)6-15(12)25/h5-6,8,10,16,30H,2-4,7,9H2,1H3,(H,26,31)/t10-,16+,22+/m0/s1. The molecule has 3 atom stereocenters. The largest absolute Gasteiger partial charge is 0.503 e. The molecule has 174 valence electrons. The van der Waals surface area contributed by atoms with Gasteiger partial charge in [-0.05, 0) is 26.2 Å². The number of ether oxygens (including phenoxy) is 1. The Bertz CT molecular complexity index is 1240. The van der Waals surface area contributed by atoms with Gasteiger partial charge in [-0.25, -0.2) is 13.2 Å². The molecule has 5 rings (SSSR count). The van der Waals surface area contributed by atoms with Gasteiger partial charge in [-0.2, -0.15) is 0 Å². The fraction of sp³-hybridized carbons (Fsp3) is 0.409. The lowest BCUT2D eigenvalue weighted by Gasteiger charge is -2.45. The van der Waals surface area contributed by atoms with Crippen LogP contribution in [-0.2, 0) is 11.3 Å². The fourth-order valence-corrected chi connectivity index (χ4v) is 5.26. The lowest BCUT2D eigenvalue weighted by molar-refractivity contribution is -0.101. The number of rotatable bonds is 3. The van der Waals surface area contributed by atoms with Gasteiger partial charge in [0, 0.05) is 30.4 Å². The van der Waals surface area contributed by atoms with Gasteiger partial charge in [0.05, 0.1) is 18.7 Å². The van der Waals surface area contributed by atoms with Crippen LogP contribution in [0, 0.1) is 17.5 Å². The highest BCUT2D eigenvalue weighted by Gasteiger charge is 2.60. The second-order valence-corrected chi connectivity index (χ2v) is 8.60. The van der Waals surface area contributed by atoms with Crippen LogP contribution in [-0.4, -0.2) is 44.8 Å². The van der Waals surface area contributed by atoms with Gasteiger partial charge in [-0.15, -0.1) is 0 Å². The van der Waals surface area contributed by atoms with Crippen molar-refractivity contribution in [1.29, 1.82) is 0 Å². The Hall–Kier alpha value is -3.34. The summed E-state index contributed by atoms with van der Waals surface area (Å²) >= 11 is 0. The molecule has 0 unspecified atom stereocenters. The van der Waals surface area contributed by atoms with Crippen molar-refractivity contribution in [2.75, 3.05) is 6.61 Å². The van der Waals surface area contributed by atoms with Crippen molar-refractivity contribution in [3.05, 3.63) is 62.8 Å². The molecule has 1 spiro atoms. The zero-order chi connectivity index (χ0) is 23.7. The van der Waals surface area contributed by atoms with E-state index in [1.807, 2.05) is 6.92 Å². The van der Waals surface area contributed by atoms with E-state index in [1.54, 1.807) is 4.90 Å². The summed E-state index contributed by atoms with van der Waals surface area (Å²) in [6.07, 6.45) is 3.09. The Morgan fingerprint density at radius 3 is 2.67 bits per heavy atom. The Morgan fingerprint density at radius 2 is 1.97 bits per heavy atom. The second-order valence-electron chi connectivity index (χ2n) is 8.60. The average molecular weight is 463 g/mol. The highest BCUT2D eigenvalue weighted by atomic mass is 19.1. The fourth-order valence-electron chi connectivity index (χ4n) is 5.26. The molecule has 1 aromatic heterocycles. The van der Waals surface area contributed by atoms with Crippen LogP contribution in [0.25, 0.3) is 0 Å². The van der Waals surface area contributed by atoms with Crippen molar-refractivity contribution >= 4 is 11.8 Å². The van der Waals surface area contributed by atoms with Crippen LogP contribution in [0.4, 0.5) is 13.2 Å². The highest BCUT2D eigenvalue weighted by Crippen LogP contribution is 2.52. The van der Waals surface area contributed by atoms with E-state index in [1.165, 1.54) is 10.8 Å². The molecule has 2 aromatic rings. The molecular weight excluding hydrogens is 443 g/mol. The third-order valence-corrected chi connectivity index (χ3v) is 6.70. The lowest BCUT2D eigenvalue weighted by Crippen LogP contribution is -2.58. The summed E-state index contributed by atoms with van der Waals surface area (Å²) in [5.74, 6) is -5.92. The van der Waals surface area contributed by atoms with E-state index in [2.05, 4.69) is 5.32 Å². The number of carbonyl (C=O) groups excluding carboxylic acids is 2. The summed E-state index contributed by atoms with van der Waals surface area (Å²) in [6.45, 7) is 1.48. The number of aromatic hydroxyl groups is 1. The Labute approximate surface area is 185 Å². The molecule has 2 aliphatic heterocycles. The lowest BCUT2D eigenvalue weighted by atomic mass is 9.98. The van der Waals surface area contributed by atoms with Gasteiger partial charge in [0.2, 0.25) is 5.43 Å². The van der Waals surface area contributed by atoms with Crippen molar-refractivity contribution in [1.82, 2.24) is 14.8 Å². The van der Waals surface area contributed by atoms with Gasteiger partial charge in [0.1, 0.15) is 23.0 Å². The first kappa shape index (κ1) is 21.5. The number of carbonyl (C=O) groups is 2. The third kappa shape index (κ3) is 2.98. The Morgan fingerprint density at radius 1 is 1.27 bits per heavy atom. The number of amides is 2. The second kappa shape index (κ2) is 7.34. The van der Waals surface area contributed by atoms with Crippen LogP contribution in [0.3, 0.4) is 0 Å². The summed E-state index contributed by atoms with van der Waals surface area (Å²) in [7, 11) is 0. The van der Waals surface area contributed by atoms with Gasteiger partial charge in [-0.3, -0.25) is 14.4 Å². The summed E-state index contributed by atoms with van der Waals surface area (Å²) in [5.41, 5.74) is -3.29. The number of hydrogen-bond acceptors (Lipinski definition) is 5. The van der Waals surface area contributed by atoms with Gasteiger partial charge in [-0.1, -0.05) is 0 Å². The molecule has 2 amide bonds. The van der Waals surface area contributed by atoms with E-state index in [4.69, 9.17) is 4.74 Å². The highest BCUT2D eigenvalue weighted by molar-refractivity contribution is 5.99. The van der Waals surface area contributed by atoms with Crippen LogP contribution in [0.1, 0.15) is 58.6 Å². The number of aromatic nitrogens is 1. The van der Waals surface area contributed by atoms with Crippen LogP contribution < -0.4 is 10.7 Å². The molecule has 3 heterocycles. The van der Waals surface area contributed by atoms with E-state index < -0.39 is 69.9 Å². The zero-order valence-electron chi connectivity index (χ0n) is 17.5. The minimum absolute atomic E-state index is 0.216. The van der Waals surface area contributed by atoms with E-state index in [9.17, 15) is 32.7 Å². The quantitative estimate of drug-likeness (QED) is 0.727. The van der Waals surface area contributed by atoms with E-state index in [0.717, 1.165) is 6.42 Å². The Kier molecular flexibility index (Phi) is 4.78. The van der Waals surface area contributed by atoms with Gasteiger partial charge >= 0.3 is 0 Å². The molecule has 1 saturated heterocycles. The summed E-state index contributed by atoms with van der Waals surface area (Å²) in [4.78, 5) is 40.3. The predicted molar refractivity (Wildman–Crippen MR) is 107 cm³/mol. The summed E-state index contributed by atoms with van der Waals surface area (Å²) < 4.78 is 48.3. The van der Waals surface area contributed by atoms with Crippen LogP contribution >= 0.6 is 0 Å². The number of benzene rings is 1. The first-order valence-corrected chi connectivity index (χ1v) is 10.5. The number of hydrogen-bond donors (Lipinski definition) is 2. The van der Waals surface area contributed by atoms with Gasteiger partial charge in [0.25, 0.3) is 11.8 Å². The number of fused-ring (bicyclic) bond motifs is 2. The molecule has 11 heteroatoms. The van der Waals surface area contributed by atoms with Gasteiger partial charge < -0.3 is 24.6 Å². The smallest absolute Gasteiger partial charge is 0.277 e. The molecule has 8 nitrogen and oxygen atoms in total. The molecule has 2 fully saturated rings. The van der Waals surface area contributed by atoms with Crippen molar-refractivity contribution in [3.8, 4) is 5.75 Å². The number of pyridine rings is 1. The monoisotopic (exact) mass is 463 g/mol. The number of nitrogens with one attached hydrogen (secondary N) is 1. The van der Waals surface area contributed by atoms with E-state index in [-0.39, 0.29) is 11.7 Å². The molecule has 33 heavy (non-hydrogen) atoms. The molecule has 0 bridgehead atoms. The number of nitrogens with zero attached hydrogens (tertiary/aromatic N) is 2. The first-order chi connectivity index (χ1) is 15.7. The molecule has 3 aliphatic rings. The Balaban J connectivity index is 1.52. The predicted octanol–water partition coefficient (Wildman–Crippen LogP) is 2.20. The molecule has 0 radical (unpaired) electrons. The normalized spacial score (nSPS) is 25.6. The van der Waals surface area contributed by atoms with E-state index in [0.29, 0.717) is 31.6 Å². The van der Waals surface area contributed by atoms with Crippen molar-refractivity contribution in [2.24, 2.45) is 0 Å². The molecular formula is C22H20F3N3O5. The number of halogens is 3. The first-order valence-electron chi connectivity index (χ1n) is 10.5. The molecule has 1 saturated carbocycles. The third-order valence-electron chi connectivity index (χ3n) is 6.70. The molecule has 2 N–H and O–H groups in total. The summed E-state index contributed by atoms with van der Waals surface area (Å²) in [6, 6.07) is 0.290. The van der Waals surface area contributed by atoms with Crippen molar-refractivity contribution < 1.29 is 32.6 Å². The SMILES string of the molecule is C[C@H]1CO[C@]23CCC[C@H]2n2cc(C(=O)NCc4c(F)cc(F)cc4F)c(=O)c(O)c2C(=O)N13. The van der Waals surface area contributed by atoms with Crippen LogP contribution in [0.2, 0.25) is 0 Å². The minimum atomic E-state index is -1.19. The molecule has 1 aromatic carbocycles. The van der Waals surface area contributed by atoms with Gasteiger partial charge in [0.15, 0.2) is 17.2 Å². The average Bonchev–Trinajstić information content (AvgIpc) is 3.32. The topological polar surface area (TPSA) is 101 Å². The van der Waals surface area contributed by atoms with Crippen molar-refractivity contribution in [2.45, 2.75) is 50.5 Å². The minimum Gasteiger partial charge on any atom is -0.503 e. The molecule has 1 aliphatic carbocycles. The maximum absolute atomic E-state index is 13.9. The van der Waals surface area contributed by atoms with Crippen LogP contribution in [0.15, 0.2) is 23.1 Å². The summed E-state index contributed by atoms with van der Waals surface area (Å²) in [5, 5.41) is 12.8. The maximum Gasteiger partial charge on any atom is 0.277 e. The zero-order valence-corrected chi connectivity index (χ0v) is 17.5. The van der Waals surface area contributed by atoms with Crippen LogP contribution in [0.5, 0.6) is 5.75 Å². The van der Waals surface area contributed by atoms with E-state index >= 15 is 0 Å². The maximum atomic E-state index is 13.9.